The number of carbonyl (C=O) groups excluding carboxylic acids is 2. The molecule has 0 unspecified atom stereocenters. The predicted molar refractivity (Wildman–Crippen MR) is 147 cm³/mol. The lowest BCUT2D eigenvalue weighted by Crippen LogP contribution is -2.27. The van der Waals surface area contributed by atoms with E-state index >= 15 is 0 Å². The third kappa shape index (κ3) is 5.61. The Morgan fingerprint density at radius 2 is 1.74 bits per heavy atom. The Hall–Kier alpha value is -2.45. The molecule has 3 aromatic carbocycles. The lowest BCUT2D eigenvalue weighted by atomic mass is 10.1. The molecule has 4 rings (SSSR count). The monoisotopic (exact) mass is 698 g/mol. The van der Waals surface area contributed by atoms with E-state index in [1.807, 2.05) is 42.5 Å². The van der Waals surface area contributed by atoms with Gasteiger partial charge in [0.2, 0.25) is 0 Å². The third-order valence-electron chi connectivity index (χ3n) is 4.94. The molecule has 1 aliphatic heterocycles. The summed E-state index contributed by atoms with van der Waals surface area (Å²) in [4.78, 5) is 37.8. The van der Waals surface area contributed by atoms with Crippen molar-refractivity contribution in [3.8, 4) is 5.75 Å². The molecule has 0 atom stereocenters. The van der Waals surface area contributed by atoms with Crippen molar-refractivity contribution < 1.29 is 19.2 Å². The molecule has 3 aromatic rings. The first kappa shape index (κ1) is 24.7. The molecule has 172 valence electrons. The summed E-state index contributed by atoms with van der Waals surface area (Å²) in [7, 11) is 0. The molecule has 0 aromatic heterocycles. The van der Waals surface area contributed by atoms with Crippen LogP contribution in [0.15, 0.2) is 71.6 Å². The van der Waals surface area contributed by atoms with Crippen LogP contribution < -0.4 is 4.74 Å². The summed E-state index contributed by atoms with van der Waals surface area (Å²) in [5.74, 6) is 0.131. The Morgan fingerprint density at radius 3 is 2.47 bits per heavy atom. The van der Waals surface area contributed by atoms with Gasteiger partial charge in [-0.3, -0.25) is 24.6 Å². The van der Waals surface area contributed by atoms with Crippen LogP contribution in [0.2, 0.25) is 0 Å². The number of nitro benzene ring substituents is 1. The molecule has 1 aliphatic rings. The number of imide groups is 1. The Balaban J connectivity index is 1.61. The topological polar surface area (TPSA) is 89.8 Å². The van der Waals surface area contributed by atoms with Gasteiger partial charge in [0.05, 0.1) is 19.9 Å². The highest BCUT2D eigenvalue weighted by Crippen LogP contribution is 2.37. The maximum atomic E-state index is 13.1. The van der Waals surface area contributed by atoms with Gasteiger partial charge in [-0.2, -0.15) is 0 Å². The quantitative estimate of drug-likeness (QED) is 0.119. The summed E-state index contributed by atoms with van der Waals surface area (Å²) in [6.45, 7) is 0.192. The van der Waals surface area contributed by atoms with Gasteiger partial charge in [-0.15, -0.1) is 0 Å². The van der Waals surface area contributed by atoms with Gasteiger partial charge in [0.25, 0.3) is 16.8 Å². The van der Waals surface area contributed by atoms with Gasteiger partial charge < -0.3 is 4.74 Å². The number of hydrogen-bond donors (Lipinski definition) is 0. The zero-order valence-electron chi connectivity index (χ0n) is 17.4. The molecule has 0 spiro atoms. The highest BCUT2D eigenvalue weighted by molar-refractivity contribution is 14.1. The van der Waals surface area contributed by atoms with Crippen LogP contribution in [-0.4, -0.2) is 21.0 Å². The highest BCUT2D eigenvalue weighted by Gasteiger charge is 2.36. The van der Waals surface area contributed by atoms with Crippen LogP contribution in [-0.2, 0) is 17.9 Å². The predicted octanol–water partition coefficient (Wildman–Crippen LogP) is 6.62. The molecule has 1 fully saturated rings. The van der Waals surface area contributed by atoms with E-state index in [-0.39, 0.29) is 17.1 Å². The molecule has 1 heterocycles. The van der Waals surface area contributed by atoms with Gasteiger partial charge >= 0.3 is 0 Å². The molecule has 0 N–H and O–H groups in total. The third-order valence-corrected chi connectivity index (χ3v) is 7.27. The van der Waals surface area contributed by atoms with Crippen LogP contribution >= 0.6 is 56.9 Å². The van der Waals surface area contributed by atoms with Gasteiger partial charge in [0, 0.05) is 20.8 Å². The number of para-hydroxylation sites is 1. The Morgan fingerprint density at radius 1 is 1.03 bits per heavy atom. The fourth-order valence-corrected chi connectivity index (χ4v) is 6.21. The second-order valence-corrected chi connectivity index (χ2v) is 10.6. The minimum absolute atomic E-state index is 0.130. The molecule has 0 bridgehead atoms. The maximum Gasteiger partial charge on any atom is 0.293 e. The first-order chi connectivity index (χ1) is 16.3. The second kappa shape index (κ2) is 10.9. The minimum Gasteiger partial charge on any atom is -0.487 e. The van der Waals surface area contributed by atoms with Crippen LogP contribution in [0.3, 0.4) is 0 Å². The van der Waals surface area contributed by atoms with Crippen LogP contribution in [0.4, 0.5) is 10.5 Å². The number of ether oxygens (including phenoxy) is 1. The summed E-state index contributed by atoms with van der Waals surface area (Å²) in [5.41, 5.74) is 1.86. The highest BCUT2D eigenvalue weighted by atomic mass is 127. The van der Waals surface area contributed by atoms with Crippen molar-refractivity contribution in [2.45, 2.75) is 13.2 Å². The van der Waals surface area contributed by atoms with Crippen molar-refractivity contribution in [3.05, 3.63) is 106 Å². The van der Waals surface area contributed by atoms with Crippen LogP contribution in [0, 0.1) is 17.3 Å². The number of benzene rings is 3. The summed E-state index contributed by atoms with van der Waals surface area (Å²) in [6.07, 6.45) is 1.65. The Kier molecular flexibility index (Phi) is 7.88. The maximum absolute atomic E-state index is 13.1. The van der Waals surface area contributed by atoms with Gasteiger partial charge in [-0.25, -0.2) is 0 Å². The molecule has 34 heavy (non-hydrogen) atoms. The van der Waals surface area contributed by atoms with E-state index in [2.05, 4.69) is 45.2 Å². The largest absolute Gasteiger partial charge is 0.487 e. The fourth-order valence-electron chi connectivity index (χ4n) is 3.34. The summed E-state index contributed by atoms with van der Waals surface area (Å²) >= 11 is 5.19. The van der Waals surface area contributed by atoms with E-state index in [0.717, 1.165) is 29.4 Å². The summed E-state index contributed by atoms with van der Waals surface area (Å²) in [6, 6.07) is 19.7. The van der Waals surface area contributed by atoms with Crippen molar-refractivity contribution in [3.63, 3.8) is 0 Å². The van der Waals surface area contributed by atoms with Crippen LogP contribution in [0.5, 0.6) is 5.75 Å². The lowest BCUT2D eigenvalue weighted by Gasteiger charge is -2.13. The molecule has 0 radical (unpaired) electrons. The SMILES string of the molecule is O=C1S/C(=C/c2cc(I)cc(I)c2OCc2ccccc2)C(=O)N1Cc1ccccc1[N+](=O)[O-]. The van der Waals surface area contributed by atoms with E-state index in [4.69, 9.17) is 4.74 Å². The van der Waals surface area contributed by atoms with Crippen molar-refractivity contribution in [2.24, 2.45) is 0 Å². The molecular weight excluding hydrogens is 682 g/mol. The first-order valence-corrected chi connectivity index (χ1v) is 12.9. The van der Waals surface area contributed by atoms with E-state index in [1.165, 1.54) is 6.07 Å². The molecule has 0 saturated carbocycles. The molecule has 2 amide bonds. The van der Waals surface area contributed by atoms with E-state index < -0.39 is 16.1 Å². The number of amides is 2. The smallest absolute Gasteiger partial charge is 0.293 e. The van der Waals surface area contributed by atoms with Gasteiger partial charge in [0.15, 0.2) is 0 Å². The van der Waals surface area contributed by atoms with Crippen LogP contribution in [0.25, 0.3) is 6.08 Å². The zero-order valence-corrected chi connectivity index (χ0v) is 22.6. The van der Waals surface area contributed by atoms with Gasteiger partial charge in [-0.1, -0.05) is 48.5 Å². The number of rotatable bonds is 7. The lowest BCUT2D eigenvalue weighted by molar-refractivity contribution is -0.385. The van der Waals surface area contributed by atoms with E-state index in [0.29, 0.717) is 23.5 Å². The normalized spacial score (nSPS) is 14.6. The van der Waals surface area contributed by atoms with Gasteiger partial charge in [0.1, 0.15) is 12.4 Å². The molecular formula is C24H16I2N2O5S. The standard InChI is InChI=1S/C24H16I2N2O5S/c25-18-10-17(22(19(26)12-18)33-14-15-6-2-1-3-7-15)11-21-23(29)27(24(30)34-21)13-16-8-4-5-9-20(16)28(31)32/h1-12H,13-14H2/b21-11+. The first-order valence-electron chi connectivity index (χ1n) is 9.97. The molecule has 7 nitrogen and oxygen atoms in total. The molecule has 1 saturated heterocycles. The average Bonchev–Trinajstić information content (AvgIpc) is 3.06. The minimum atomic E-state index is -0.519. The van der Waals surface area contributed by atoms with Crippen molar-refractivity contribution in [1.82, 2.24) is 4.90 Å². The van der Waals surface area contributed by atoms with Crippen LogP contribution in [0.1, 0.15) is 16.7 Å². The second-order valence-electron chi connectivity index (χ2n) is 7.23. The number of nitro groups is 1. The fraction of sp³-hybridized carbons (Fsp3) is 0.0833. The number of carbonyl (C=O) groups is 2. The van der Waals surface area contributed by atoms with Gasteiger partial charge in [-0.05, 0) is 80.7 Å². The van der Waals surface area contributed by atoms with Crippen molar-refractivity contribution >= 4 is 79.9 Å². The Bertz CT molecular complexity index is 1310. The number of hydrogen-bond acceptors (Lipinski definition) is 6. The van der Waals surface area contributed by atoms with Crippen molar-refractivity contribution in [2.75, 3.05) is 0 Å². The van der Waals surface area contributed by atoms with E-state index in [1.54, 1.807) is 24.3 Å². The number of thioether (sulfide) groups is 1. The number of nitrogens with zero attached hydrogens (tertiary/aromatic N) is 2. The summed E-state index contributed by atoms with van der Waals surface area (Å²) < 4.78 is 7.93. The zero-order chi connectivity index (χ0) is 24.2. The summed E-state index contributed by atoms with van der Waals surface area (Å²) in [5, 5.41) is 10.8. The van der Waals surface area contributed by atoms with E-state index in [9.17, 15) is 19.7 Å². The molecule has 10 heteroatoms. The Labute approximate surface area is 227 Å². The average molecular weight is 698 g/mol. The number of halogens is 2. The molecule has 0 aliphatic carbocycles. The van der Waals surface area contributed by atoms with Crippen molar-refractivity contribution in [1.29, 1.82) is 0 Å².